The lowest BCUT2D eigenvalue weighted by atomic mass is 10.1. The van der Waals surface area contributed by atoms with Crippen molar-refractivity contribution in [2.45, 2.75) is 13.3 Å². The number of benzene rings is 1. The van der Waals surface area contributed by atoms with E-state index in [0.29, 0.717) is 23.3 Å². The quantitative estimate of drug-likeness (QED) is 0.765. The number of carboxylic acids is 1. The second kappa shape index (κ2) is 6.11. The van der Waals surface area contributed by atoms with E-state index in [1.165, 1.54) is 6.07 Å². The van der Waals surface area contributed by atoms with Crippen molar-refractivity contribution in [1.82, 2.24) is 19.9 Å². The predicted octanol–water partition coefficient (Wildman–Crippen LogP) is 2.02. The molecule has 0 saturated heterocycles. The zero-order chi connectivity index (χ0) is 17.3. The third-order valence-corrected chi connectivity index (χ3v) is 3.75. The molecule has 0 spiro atoms. The standard InChI is InChI=1S/C17H16N4O3/c1-3-12-8-14(17(23)24)19-15-9-13(20-21(12)15)10-4-6-11(7-5-10)16(22)18-2/h4-9H,3H2,1-2H3,(H,18,22)(H,23,24). The van der Waals surface area contributed by atoms with E-state index in [1.807, 2.05) is 6.92 Å². The molecule has 1 amide bonds. The van der Waals surface area contributed by atoms with Crippen LogP contribution in [0.3, 0.4) is 0 Å². The molecule has 0 saturated carbocycles. The van der Waals surface area contributed by atoms with E-state index < -0.39 is 5.97 Å². The van der Waals surface area contributed by atoms with E-state index in [0.717, 1.165) is 11.3 Å². The second-order valence-corrected chi connectivity index (χ2v) is 5.25. The summed E-state index contributed by atoms with van der Waals surface area (Å²) in [5.41, 5.74) is 3.31. The number of aryl methyl sites for hydroxylation is 1. The van der Waals surface area contributed by atoms with Gasteiger partial charge in [0.15, 0.2) is 11.3 Å². The molecular formula is C17H16N4O3. The molecule has 24 heavy (non-hydrogen) atoms. The summed E-state index contributed by atoms with van der Waals surface area (Å²) >= 11 is 0. The number of hydrogen-bond donors (Lipinski definition) is 2. The number of carboxylic acid groups (broad SMARTS) is 1. The monoisotopic (exact) mass is 324 g/mol. The van der Waals surface area contributed by atoms with Gasteiger partial charge in [-0.15, -0.1) is 0 Å². The van der Waals surface area contributed by atoms with Gasteiger partial charge >= 0.3 is 5.97 Å². The molecule has 7 heteroatoms. The Morgan fingerprint density at radius 2 is 1.92 bits per heavy atom. The molecule has 1 aromatic carbocycles. The summed E-state index contributed by atoms with van der Waals surface area (Å²) in [6.07, 6.45) is 0.635. The molecule has 7 nitrogen and oxygen atoms in total. The van der Waals surface area contributed by atoms with Crippen LogP contribution in [0.25, 0.3) is 16.9 Å². The van der Waals surface area contributed by atoms with Crippen molar-refractivity contribution in [1.29, 1.82) is 0 Å². The molecule has 0 fully saturated rings. The normalized spacial score (nSPS) is 10.8. The van der Waals surface area contributed by atoms with Crippen LogP contribution in [-0.4, -0.2) is 38.6 Å². The van der Waals surface area contributed by atoms with Gasteiger partial charge in [0.25, 0.3) is 5.91 Å². The molecule has 0 atom stereocenters. The predicted molar refractivity (Wildman–Crippen MR) is 88.2 cm³/mol. The zero-order valence-electron chi connectivity index (χ0n) is 13.3. The largest absolute Gasteiger partial charge is 0.477 e. The van der Waals surface area contributed by atoms with Gasteiger partial charge in [0, 0.05) is 29.9 Å². The topological polar surface area (TPSA) is 96.6 Å². The number of hydrogen-bond acceptors (Lipinski definition) is 4. The van der Waals surface area contributed by atoms with Gasteiger partial charge in [-0.3, -0.25) is 4.79 Å². The van der Waals surface area contributed by atoms with Crippen molar-refractivity contribution in [3.05, 3.63) is 53.3 Å². The van der Waals surface area contributed by atoms with Gasteiger partial charge < -0.3 is 10.4 Å². The molecule has 0 radical (unpaired) electrons. The Morgan fingerprint density at radius 1 is 1.21 bits per heavy atom. The molecule has 2 heterocycles. The summed E-state index contributed by atoms with van der Waals surface area (Å²) in [7, 11) is 1.58. The second-order valence-electron chi connectivity index (χ2n) is 5.25. The Kier molecular flexibility index (Phi) is 3.99. The summed E-state index contributed by atoms with van der Waals surface area (Å²) in [6, 6.07) is 10.3. The number of nitrogens with zero attached hydrogens (tertiary/aromatic N) is 3. The van der Waals surface area contributed by atoms with Crippen LogP contribution in [0.4, 0.5) is 0 Å². The lowest BCUT2D eigenvalue weighted by Gasteiger charge is -2.03. The van der Waals surface area contributed by atoms with Gasteiger partial charge in [-0.05, 0) is 24.6 Å². The molecule has 0 aliphatic heterocycles. The number of aromatic nitrogens is 3. The first kappa shape index (κ1) is 15.7. The van der Waals surface area contributed by atoms with E-state index in [2.05, 4.69) is 15.4 Å². The average Bonchev–Trinajstić information content (AvgIpc) is 3.04. The summed E-state index contributed by atoms with van der Waals surface area (Å²) in [4.78, 5) is 26.9. The maximum absolute atomic E-state index is 11.6. The number of nitrogens with one attached hydrogen (secondary N) is 1. The molecule has 0 aliphatic rings. The number of fused-ring (bicyclic) bond motifs is 1. The van der Waals surface area contributed by atoms with Crippen LogP contribution in [-0.2, 0) is 6.42 Å². The molecule has 2 aromatic heterocycles. The van der Waals surface area contributed by atoms with E-state index in [9.17, 15) is 9.59 Å². The average molecular weight is 324 g/mol. The summed E-state index contributed by atoms with van der Waals surface area (Å²) in [5.74, 6) is -1.22. The van der Waals surface area contributed by atoms with Crippen LogP contribution in [0.5, 0.6) is 0 Å². The van der Waals surface area contributed by atoms with Gasteiger partial charge in [0.1, 0.15) is 0 Å². The molecule has 0 bridgehead atoms. The first-order valence-electron chi connectivity index (χ1n) is 7.49. The van der Waals surface area contributed by atoms with Gasteiger partial charge in [0.05, 0.1) is 5.69 Å². The number of amides is 1. The third-order valence-electron chi connectivity index (χ3n) is 3.75. The summed E-state index contributed by atoms with van der Waals surface area (Å²) in [6.45, 7) is 1.93. The van der Waals surface area contributed by atoms with Crippen molar-refractivity contribution in [2.24, 2.45) is 0 Å². The minimum absolute atomic E-state index is 0.000708. The Bertz CT molecular complexity index is 929. The van der Waals surface area contributed by atoms with Gasteiger partial charge in [-0.1, -0.05) is 19.1 Å². The van der Waals surface area contributed by atoms with Crippen LogP contribution >= 0.6 is 0 Å². The smallest absolute Gasteiger partial charge is 0.354 e. The van der Waals surface area contributed by atoms with Crippen molar-refractivity contribution in [3.63, 3.8) is 0 Å². The molecule has 0 aliphatic carbocycles. The first-order valence-corrected chi connectivity index (χ1v) is 7.49. The highest BCUT2D eigenvalue weighted by atomic mass is 16.4. The fourth-order valence-corrected chi connectivity index (χ4v) is 2.48. The summed E-state index contributed by atoms with van der Waals surface area (Å²) in [5, 5.41) is 16.2. The van der Waals surface area contributed by atoms with Crippen molar-refractivity contribution in [2.75, 3.05) is 7.05 Å². The maximum atomic E-state index is 11.6. The molecule has 122 valence electrons. The lowest BCUT2D eigenvalue weighted by Crippen LogP contribution is -2.17. The Balaban J connectivity index is 2.07. The highest BCUT2D eigenvalue weighted by molar-refractivity contribution is 5.94. The number of aromatic carboxylic acids is 1. The SMILES string of the molecule is CCc1cc(C(=O)O)nc2cc(-c3ccc(C(=O)NC)cc3)nn12. The minimum atomic E-state index is -1.06. The lowest BCUT2D eigenvalue weighted by molar-refractivity contribution is 0.0690. The first-order chi connectivity index (χ1) is 11.5. The van der Waals surface area contributed by atoms with Crippen LogP contribution in [0, 0.1) is 0 Å². The molecule has 0 unspecified atom stereocenters. The molecule has 2 N–H and O–H groups in total. The van der Waals surface area contributed by atoms with E-state index in [-0.39, 0.29) is 11.6 Å². The van der Waals surface area contributed by atoms with Gasteiger partial charge in [-0.25, -0.2) is 14.3 Å². The number of rotatable bonds is 4. The van der Waals surface area contributed by atoms with Crippen LogP contribution in [0.2, 0.25) is 0 Å². The number of carbonyl (C=O) groups excluding carboxylic acids is 1. The van der Waals surface area contributed by atoms with Crippen LogP contribution in [0.15, 0.2) is 36.4 Å². The maximum Gasteiger partial charge on any atom is 0.354 e. The van der Waals surface area contributed by atoms with Crippen molar-refractivity contribution >= 4 is 17.5 Å². The Morgan fingerprint density at radius 3 is 2.50 bits per heavy atom. The molecule has 3 aromatic rings. The fraction of sp³-hybridized carbons (Fsp3) is 0.176. The highest BCUT2D eigenvalue weighted by Gasteiger charge is 2.13. The summed E-state index contributed by atoms with van der Waals surface area (Å²) < 4.78 is 1.65. The fourth-order valence-electron chi connectivity index (χ4n) is 2.48. The third kappa shape index (κ3) is 2.71. The minimum Gasteiger partial charge on any atom is -0.477 e. The van der Waals surface area contributed by atoms with E-state index in [1.54, 1.807) is 41.9 Å². The van der Waals surface area contributed by atoms with Gasteiger partial charge in [-0.2, -0.15) is 5.10 Å². The molecular weight excluding hydrogens is 308 g/mol. The Labute approximate surface area is 138 Å². The zero-order valence-corrected chi connectivity index (χ0v) is 13.3. The van der Waals surface area contributed by atoms with E-state index in [4.69, 9.17) is 5.11 Å². The van der Waals surface area contributed by atoms with Crippen LogP contribution < -0.4 is 5.32 Å². The Hall–Kier alpha value is -3.22. The van der Waals surface area contributed by atoms with Gasteiger partial charge in [0.2, 0.25) is 0 Å². The van der Waals surface area contributed by atoms with Crippen molar-refractivity contribution < 1.29 is 14.7 Å². The molecule has 3 rings (SSSR count). The van der Waals surface area contributed by atoms with Crippen molar-refractivity contribution in [3.8, 4) is 11.3 Å². The van der Waals surface area contributed by atoms with Crippen LogP contribution in [0.1, 0.15) is 33.5 Å². The highest BCUT2D eigenvalue weighted by Crippen LogP contribution is 2.21. The number of carbonyl (C=O) groups is 2. The van der Waals surface area contributed by atoms with E-state index >= 15 is 0 Å².